The number of amides is 1. The standard InChI is InChI=1S/C43H49N7O7S/c1-43(2)28-48(27-32-5-3-4-6-37(32)43)26-30-12-17-49(18-13-30)33-7-9-36(40(22-33)57-34-21-31-11-16-44-41(31)46-25-34)42(51)47-58(54,55)35-8-10-38(39(23-35)50(52)53)45-24-29-14-19-56-20-15-29/h3-11,16,21-23,25,29-30,45H,12-15,17-20,24,26-28H2,1-2H3,(H,44,46)(H,47,51). The lowest BCUT2D eigenvalue weighted by Gasteiger charge is -2.42. The van der Waals surface area contributed by atoms with Crippen LogP contribution in [0.1, 0.15) is 61.0 Å². The summed E-state index contributed by atoms with van der Waals surface area (Å²) in [6, 6.07) is 21.1. The molecule has 304 valence electrons. The highest BCUT2D eigenvalue weighted by atomic mass is 32.2. The molecule has 2 fully saturated rings. The highest BCUT2D eigenvalue weighted by Crippen LogP contribution is 2.37. The van der Waals surface area contributed by atoms with Crippen LogP contribution in [0.25, 0.3) is 11.0 Å². The van der Waals surface area contributed by atoms with Crippen molar-refractivity contribution in [2.24, 2.45) is 11.8 Å². The van der Waals surface area contributed by atoms with E-state index in [0.29, 0.717) is 37.1 Å². The average Bonchev–Trinajstić information content (AvgIpc) is 3.68. The first kappa shape index (κ1) is 39.3. The van der Waals surface area contributed by atoms with Gasteiger partial charge in [-0.1, -0.05) is 38.1 Å². The summed E-state index contributed by atoms with van der Waals surface area (Å²) in [6.45, 7) is 11.0. The first-order chi connectivity index (χ1) is 27.9. The lowest BCUT2D eigenvalue weighted by molar-refractivity contribution is -0.384. The van der Waals surface area contributed by atoms with Crippen LogP contribution in [0.2, 0.25) is 0 Å². The fourth-order valence-corrected chi connectivity index (χ4v) is 9.62. The van der Waals surface area contributed by atoms with Gasteiger partial charge in [0.25, 0.3) is 21.6 Å². The SMILES string of the molecule is CC1(C)CN(CC2CCN(c3ccc(C(=O)NS(=O)(=O)c4ccc(NCC5CCOCC5)c([N+](=O)[O-])c4)c(Oc4cnc5[nH]ccc5c4)c3)CC2)Cc2ccccc21. The van der Waals surface area contributed by atoms with E-state index in [1.807, 2.05) is 6.07 Å². The zero-order valence-corrected chi connectivity index (χ0v) is 33.6. The van der Waals surface area contributed by atoms with Crippen molar-refractivity contribution < 1.29 is 27.6 Å². The number of nitro groups is 1. The van der Waals surface area contributed by atoms with Crippen molar-refractivity contribution in [2.75, 3.05) is 56.2 Å². The Morgan fingerprint density at radius 3 is 2.60 bits per heavy atom. The fraction of sp³-hybridized carbons (Fsp3) is 0.395. The Kier molecular flexibility index (Phi) is 11.1. The first-order valence-corrected chi connectivity index (χ1v) is 21.4. The number of ether oxygens (including phenoxy) is 2. The smallest absolute Gasteiger partial charge is 0.293 e. The number of rotatable bonds is 12. The van der Waals surface area contributed by atoms with Gasteiger partial charge in [0.15, 0.2) is 0 Å². The molecule has 3 aromatic carbocycles. The number of benzene rings is 3. The summed E-state index contributed by atoms with van der Waals surface area (Å²) in [7, 11) is -4.53. The zero-order chi connectivity index (χ0) is 40.4. The number of aromatic amines is 1. The molecule has 0 radical (unpaired) electrons. The molecular formula is C43H49N7O7S. The third-order valence-electron chi connectivity index (χ3n) is 11.7. The van der Waals surface area contributed by atoms with Crippen LogP contribution >= 0.6 is 0 Å². The molecule has 2 saturated heterocycles. The van der Waals surface area contributed by atoms with Gasteiger partial charge in [0.1, 0.15) is 22.8 Å². The Morgan fingerprint density at radius 1 is 1.02 bits per heavy atom. The maximum Gasteiger partial charge on any atom is 0.293 e. The molecule has 3 aliphatic rings. The van der Waals surface area contributed by atoms with Crippen LogP contribution in [0.4, 0.5) is 17.1 Å². The van der Waals surface area contributed by atoms with E-state index in [4.69, 9.17) is 9.47 Å². The lowest BCUT2D eigenvalue weighted by Crippen LogP contribution is -2.45. The first-order valence-electron chi connectivity index (χ1n) is 19.9. The van der Waals surface area contributed by atoms with Gasteiger partial charge in [-0.05, 0) is 85.0 Å². The number of nitrogens with one attached hydrogen (secondary N) is 3. The minimum atomic E-state index is -4.53. The summed E-state index contributed by atoms with van der Waals surface area (Å²) in [5.41, 5.74) is 4.22. The lowest BCUT2D eigenvalue weighted by atomic mass is 9.78. The topological polar surface area (TPSA) is 172 Å². The van der Waals surface area contributed by atoms with Crippen LogP contribution in [0.5, 0.6) is 11.5 Å². The molecule has 14 nitrogen and oxygen atoms in total. The molecule has 15 heteroatoms. The van der Waals surface area contributed by atoms with Gasteiger partial charge in [0.2, 0.25) is 0 Å². The van der Waals surface area contributed by atoms with Gasteiger partial charge in [-0.15, -0.1) is 0 Å². The van der Waals surface area contributed by atoms with Crippen LogP contribution in [0, 0.1) is 22.0 Å². The minimum Gasteiger partial charge on any atom is -0.455 e. The van der Waals surface area contributed by atoms with Crippen molar-refractivity contribution in [3.05, 3.63) is 112 Å². The number of H-pyrrole nitrogens is 1. The number of fused-ring (bicyclic) bond motifs is 2. The zero-order valence-electron chi connectivity index (χ0n) is 32.8. The molecule has 0 bridgehead atoms. The maximum absolute atomic E-state index is 13.9. The molecule has 3 N–H and O–H groups in total. The number of sulfonamides is 1. The maximum atomic E-state index is 13.9. The summed E-state index contributed by atoms with van der Waals surface area (Å²) in [6.07, 6.45) is 6.95. The minimum absolute atomic E-state index is 0.0198. The van der Waals surface area contributed by atoms with Crippen LogP contribution in [-0.2, 0) is 26.7 Å². The Bertz CT molecular complexity index is 2420. The van der Waals surface area contributed by atoms with E-state index in [9.17, 15) is 23.3 Å². The second-order valence-corrected chi connectivity index (χ2v) is 18.0. The predicted molar refractivity (Wildman–Crippen MR) is 222 cm³/mol. The van der Waals surface area contributed by atoms with Crippen molar-refractivity contribution in [1.82, 2.24) is 19.6 Å². The summed E-state index contributed by atoms with van der Waals surface area (Å²) in [4.78, 5) is 37.2. The van der Waals surface area contributed by atoms with Gasteiger partial charge < -0.3 is 24.7 Å². The summed E-state index contributed by atoms with van der Waals surface area (Å²) >= 11 is 0. The quantitative estimate of drug-likeness (QED) is 0.0858. The number of carbonyl (C=O) groups is 1. The van der Waals surface area contributed by atoms with Gasteiger partial charge in [0, 0.05) is 87.3 Å². The number of hydrogen-bond acceptors (Lipinski definition) is 11. The molecule has 0 atom stereocenters. The number of nitrogens with zero attached hydrogens (tertiary/aromatic N) is 4. The number of hydrogen-bond donors (Lipinski definition) is 3. The van der Waals surface area contributed by atoms with Crippen LogP contribution in [-0.4, -0.2) is 80.1 Å². The van der Waals surface area contributed by atoms with Crippen molar-refractivity contribution >= 4 is 44.0 Å². The second-order valence-electron chi connectivity index (χ2n) is 16.3. The molecular weight excluding hydrogens is 759 g/mol. The third-order valence-corrected chi connectivity index (χ3v) is 13.0. The van der Waals surface area contributed by atoms with E-state index in [2.05, 4.69) is 67.9 Å². The summed E-state index contributed by atoms with van der Waals surface area (Å²) in [5.74, 6) is 0.395. The van der Waals surface area contributed by atoms with Crippen molar-refractivity contribution in [2.45, 2.75) is 56.4 Å². The van der Waals surface area contributed by atoms with Crippen molar-refractivity contribution in [3.8, 4) is 11.5 Å². The number of carbonyl (C=O) groups excluding carboxylic acids is 1. The number of aromatic nitrogens is 2. The van der Waals surface area contributed by atoms with Gasteiger partial charge in [-0.2, -0.15) is 0 Å². The Morgan fingerprint density at radius 2 is 1.81 bits per heavy atom. The highest BCUT2D eigenvalue weighted by molar-refractivity contribution is 7.90. The molecule has 3 aliphatic heterocycles. The Balaban J connectivity index is 0.987. The molecule has 8 rings (SSSR count). The van der Waals surface area contributed by atoms with E-state index in [-0.39, 0.29) is 28.3 Å². The molecule has 0 unspecified atom stereocenters. The van der Waals surface area contributed by atoms with E-state index < -0.39 is 31.4 Å². The Labute approximate surface area is 338 Å². The number of nitro benzene ring substituents is 1. The highest BCUT2D eigenvalue weighted by Gasteiger charge is 2.33. The number of piperidine rings is 1. The molecule has 58 heavy (non-hydrogen) atoms. The van der Waals surface area contributed by atoms with Gasteiger partial charge in [0.05, 0.1) is 21.6 Å². The van der Waals surface area contributed by atoms with Crippen molar-refractivity contribution in [3.63, 3.8) is 0 Å². The molecule has 0 saturated carbocycles. The van der Waals surface area contributed by atoms with Crippen LogP contribution in [0.15, 0.2) is 90.1 Å². The average molecular weight is 808 g/mol. The number of anilines is 2. The summed E-state index contributed by atoms with van der Waals surface area (Å²) in [5, 5.41) is 15.9. The second kappa shape index (κ2) is 16.4. The van der Waals surface area contributed by atoms with Gasteiger partial charge >= 0.3 is 0 Å². The normalized spacial score (nSPS) is 17.8. The molecule has 2 aromatic heterocycles. The third kappa shape index (κ3) is 8.66. The van der Waals surface area contributed by atoms with E-state index in [1.54, 1.807) is 30.5 Å². The Hall–Kier alpha value is -5.51. The molecule has 1 amide bonds. The van der Waals surface area contributed by atoms with Gasteiger partial charge in [-0.25, -0.2) is 18.1 Å². The largest absolute Gasteiger partial charge is 0.455 e. The fourth-order valence-electron chi connectivity index (χ4n) is 8.63. The van der Waals surface area contributed by atoms with E-state index >= 15 is 0 Å². The predicted octanol–water partition coefficient (Wildman–Crippen LogP) is 7.23. The van der Waals surface area contributed by atoms with E-state index in [1.165, 1.54) is 29.5 Å². The van der Waals surface area contributed by atoms with Crippen LogP contribution in [0.3, 0.4) is 0 Å². The summed E-state index contributed by atoms with van der Waals surface area (Å²) < 4.78 is 41.1. The molecule has 5 heterocycles. The van der Waals surface area contributed by atoms with Crippen molar-refractivity contribution in [1.29, 1.82) is 0 Å². The number of pyridine rings is 1. The molecule has 5 aromatic rings. The monoisotopic (exact) mass is 807 g/mol. The van der Waals surface area contributed by atoms with Gasteiger partial charge in [-0.3, -0.25) is 19.8 Å². The van der Waals surface area contributed by atoms with Crippen LogP contribution < -0.4 is 19.7 Å². The molecule has 0 spiro atoms. The van der Waals surface area contributed by atoms with E-state index in [0.717, 1.165) is 75.5 Å². The molecule has 0 aliphatic carbocycles.